The number of nitrogens with zero attached hydrogens (tertiary/aromatic N) is 5. The summed E-state index contributed by atoms with van der Waals surface area (Å²) in [5.41, 5.74) is 7.58. The molecule has 1 saturated heterocycles. The summed E-state index contributed by atoms with van der Waals surface area (Å²) in [6.45, 7) is 1.65. The highest BCUT2D eigenvalue weighted by Crippen LogP contribution is 2.46. The Hall–Kier alpha value is -1.09. The Bertz CT molecular complexity index is 668. The minimum Gasteiger partial charge on any atom is -0.379 e. The van der Waals surface area contributed by atoms with Gasteiger partial charge in [-0.2, -0.15) is 0 Å². The van der Waals surface area contributed by atoms with Gasteiger partial charge in [0.2, 0.25) is 5.95 Å². The van der Waals surface area contributed by atoms with E-state index in [2.05, 4.69) is 19.9 Å². The molecule has 2 atom stereocenters. The molecule has 0 bridgehead atoms. The molecule has 2 aromatic heterocycles. The van der Waals surface area contributed by atoms with Crippen LogP contribution in [0.4, 0.5) is 5.95 Å². The fourth-order valence-electron chi connectivity index (χ4n) is 3.00. The Morgan fingerprint density at radius 2 is 2.04 bits per heavy atom. The molecule has 1 fully saturated rings. The quantitative estimate of drug-likeness (QED) is 0.845. The lowest BCUT2D eigenvalue weighted by Crippen LogP contribution is -2.39. The molecular weight excluding hydrogens is 375 g/mol. The molecule has 0 amide bonds. The summed E-state index contributed by atoms with van der Waals surface area (Å²) in [7, 11) is 0. The number of rotatable bonds is 2. The van der Waals surface area contributed by atoms with E-state index in [1.54, 1.807) is 35.5 Å². The number of aromatic nitrogens is 3. The van der Waals surface area contributed by atoms with Crippen molar-refractivity contribution in [2.24, 2.45) is 16.6 Å². The highest BCUT2D eigenvalue weighted by molar-refractivity contribution is 8.13. The van der Waals surface area contributed by atoms with Gasteiger partial charge in [0.15, 0.2) is 5.17 Å². The second-order valence-corrected chi connectivity index (χ2v) is 7.10. The summed E-state index contributed by atoms with van der Waals surface area (Å²) >= 11 is 3.28. The number of thioether (sulfide) groups is 1. The highest BCUT2D eigenvalue weighted by Gasteiger charge is 2.51. The third-order valence-corrected chi connectivity index (χ3v) is 5.88. The van der Waals surface area contributed by atoms with E-state index in [1.165, 1.54) is 4.88 Å². The second kappa shape index (κ2) is 7.21. The number of halogens is 2. The van der Waals surface area contributed by atoms with E-state index in [-0.39, 0.29) is 30.4 Å². The van der Waals surface area contributed by atoms with E-state index in [9.17, 15) is 0 Å². The first-order valence-corrected chi connectivity index (χ1v) is 8.53. The molecule has 2 aliphatic rings. The first-order chi connectivity index (χ1) is 10.3. The number of anilines is 1. The van der Waals surface area contributed by atoms with Crippen LogP contribution in [0.3, 0.4) is 0 Å². The molecule has 124 valence electrons. The number of hydrogen-bond donors (Lipinski definition) is 1. The maximum atomic E-state index is 6.01. The van der Waals surface area contributed by atoms with E-state index >= 15 is 0 Å². The molecule has 0 spiro atoms. The Kier molecular flexibility index (Phi) is 5.72. The van der Waals surface area contributed by atoms with Crippen LogP contribution in [-0.2, 0) is 5.54 Å². The van der Waals surface area contributed by atoms with Crippen molar-refractivity contribution in [3.63, 3.8) is 0 Å². The molecule has 2 N–H and O–H groups in total. The maximum Gasteiger partial charge on any atom is 0.225 e. The van der Waals surface area contributed by atoms with Gasteiger partial charge in [0.25, 0.3) is 0 Å². The third-order valence-electron chi connectivity index (χ3n) is 3.98. The second-order valence-electron chi connectivity index (χ2n) is 5.18. The summed E-state index contributed by atoms with van der Waals surface area (Å²) in [4.78, 5) is 21.2. The monoisotopic (exact) mass is 390 g/mol. The standard InChI is InChI=1S/C13H14N6S2.2ClH/c14-11-18-13(10-4-15-8-21-10)7-19(5-9(13)6-20-11)12-16-2-1-3-17-12;;/h1-4,8-9H,5-7H2,(H2,14,18);2*1H. The van der Waals surface area contributed by atoms with Gasteiger partial charge >= 0.3 is 0 Å². The molecule has 23 heavy (non-hydrogen) atoms. The van der Waals surface area contributed by atoms with Gasteiger partial charge in [-0.1, -0.05) is 11.8 Å². The minimum atomic E-state index is -0.296. The zero-order valence-corrected chi connectivity index (χ0v) is 15.3. The van der Waals surface area contributed by atoms with Crippen LogP contribution in [0.25, 0.3) is 0 Å². The van der Waals surface area contributed by atoms with E-state index in [1.807, 2.05) is 17.8 Å². The fourth-order valence-corrected chi connectivity index (χ4v) is 4.82. The topological polar surface area (TPSA) is 80.3 Å². The zero-order chi connectivity index (χ0) is 14.3. The molecule has 0 aliphatic carbocycles. The summed E-state index contributed by atoms with van der Waals surface area (Å²) in [5, 5.41) is 0.662. The molecule has 6 nitrogen and oxygen atoms in total. The predicted molar refractivity (Wildman–Crippen MR) is 100 cm³/mol. The number of thiazole rings is 1. The van der Waals surface area contributed by atoms with Crippen molar-refractivity contribution >= 4 is 59.0 Å². The molecule has 2 aliphatic heterocycles. The van der Waals surface area contributed by atoms with Gasteiger partial charge in [-0.3, -0.25) is 4.98 Å². The van der Waals surface area contributed by atoms with Crippen molar-refractivity contribution in [2.75, 3.05) is 23.7 Å². The molecule has 4 rings (SSSR count). The highest BCUT2D eigenvalue weighted by atomic mass is 35.5. The summed E-state index contributed by atoms with van der Waals surface area (Å²) in [6, 6.07) is 1.83. The normalized spacial score (nSPS) is 25.8. The molecule has 2 aromatic rings. The lowest BCUT2D eigenvalue weighted by Gasteiger charge is -2.32. The van der Waals surface area contributed by atoms with E-state index in [0.29, 0.717) is 11.1 Å². The number of amidine groups is 1. The van der Waals surface area contributed by atoms with E-state index in [0.717, 1.165) is 24.8 Å². The van der Waals surface area contributed by atoms with Gasteiger partial charge in [-0.25, -0.2) is 15.0 Å². The minimum absolute atomic E-state index is 0. The van der Waals surface area contributed by atoms with E-state index in [4.69, 9.17) is 10.7 Å². The lowest BCUT2D eigenvalue weighted by atomic mass is 9.87. The van der Waals surface area contributed by atoms with Gasteiger partial charge < -0.3 is 10.6 Å². The Morgan fingerprint density at radius 1 is 1.26 bits per heavy atom. The van der Waals surface area contributed by atoms with Crippen molar-refractivity contribution in [1.82, 2.24) is 15.0 Å². The van der Waals surface area contributed by atoms with Crippen LogP contribution in [0.1, 0.15) is 4.88 Å². The third kappa shape index (κ3) is 3.13. The van der Waals surface area contributed by atoms with Crippen LogP contribution in [0.2, 0.25) is 0 Å². The van der Waals surface area contributed by atoms with Crippen LogP contribution < -0.4 is 10.6 Å². The van der Waals surface area contributed by atoms with Crippen molar-refractivity contribution in [2.45, 2.75) is 5.54 Å². The number of nitrogens with two attached hydrogens (primary N) is 1. The van der Waals surface area contributed by atoms with Crippen molar-refractivity contribution in [3.05, 3.63) is 35.0 Å². The van der Waals surface area contributed by atoms with E-state index < -0.39 is 0 Å². The first kappa shape index (κ1) is 18.3. The molecule has 0 radical (unpaired) electrons. The smallest absolute Gasteiger partial charge is 0.225 e. The molecule has 2 unspecified atom stereocenters. The SMILES string of the molecule is Cl.Cl.NC1=NC2(c3cncs3)CN(c3ncccn3)CC2CS1. The number of fused-ring (bicyclic) bond motifs is 1. The average molecular weight is 391 g/mol. The Morgan fingerprint density at radius 3 is 2.74 bits per heavy atom. The Labute approximate surface area is 154 Å². The fraction of sp³-hybridized carbons (Fsp3) is 0.385. The van der Waals surface area contributed by atoms with Crippen LogP contribution in [-0.4, -0.2) is 39.0 Å². The number of aliphatic imine (C=N–C) groups is 1. The Balaban J connectivity index is 0.000000960. The van der Waals surface area contributed by atoms with Gasteiger partial charge in [-0.15, -0.1) is 36.2 Å². The molecule has 10 heteroatoms. The van der Waals surface area contributed by atoms with Gasteiger partial charge in [0.05, 0.1) is 16.9 Å². The van der Waals surface area contributed by atoms with Gasteiger partial charge in [0, 0.05) is 36.8 Å². The van der Waals surface area contributed by atoms with Crippen LogP contribution >= 0.6 is 47.9 Å². The average Bonchev–Trinajstić information content (AvgIpc) is 3.15. The van der Waals surface area contributed by atoms with Crippen LogP contribution in [0, 0.1) is 5.92 Å². The summed E-state index contributed by atoms with van der Waals surface area (Å²) < 4.78 is 0. The largest absolute Gasteiger partial charge is 0.379 e. The predicted octanol–water partition coefficient (Wildman–Crippen LogP) is 2.17. The van der Waals surface area contributed by atoms with Crippen molar-refractivity contribution < 1.29 is 0 Å². The van der Waals surface area contributed by atoms with Gasteiger partial charge in [0.1, 0.15) is 5.54 Å². The van der Waals surface area contributed by atoms with Crippen LogP contribution in [0.15, 0.2) is 35.2 Å². The van der Waals surface area contributed by atoms with Crippen molar-refractivity contribution in [3.8, 4) is 0 Å². The molecule has 4 heterocycles. The summed E-state index contributed by atoms with van der Waals surface area (Å²) in [5.74, 6) is 2.13. The molecule has 0 aromatic carbocycles. The first-order valence-electron chi connectivity index (χ1n) is 6.67. The number of hydrogen-bond acceptors (Lipinski definition) is 8. The van der Waals surface area contributed by atoms with Crippen molar-refractivity contribution in [1.29, 1.82) is 0 Å². The maximum absolute atomic E-state index is 6.01. The van der Waals surface area contributed by atoms with Crippen LogP contribution in [0.5, 0.6) is 0 Å². The lowest BCUT2D eigenvalue weighted by molar-refractivity contribution is 0.394. The van der Waals surface area contributed by atoms with Gasteiger partial charge in [-0.05, 0) is 6.07 Å². The summed E-state index contributed by atoms with van der Waals surface area (Å²) in [6.07, 6.45) is 5.46. The zero-order valence-electron chi connectivity index (χ0n) is 12.0. The molecule has 0 saturated carbocycles. The molecular formula is C13H16Cl2N6S2.